The molecule has 0 unspecified atom stereocenters. The molecular weight excluding hydrogens is 628 g/mol. The van der Waals surface area contributed by atoms with E-state index < -0.39 is 78.1 Å². The SMILES string of the molecule is CC[C@H](C)[C@H](NC(=O)[C@H](Cc1ccc(O)cc1)NC(=O)OCc1ccccc1)C(=O)N[C@@H](CCC(N)=O)C(=O)N[C@@H](CC(N)=O)C(=O)O. The van der Waals surface area contributed by atoms with E-state index in [9.17, 15) is 43.8 Å². The minimum Gasteiger partial charge on any atom is -0.508 e. The Balaban J connectivity index is 2.28. The molecule has 2 aromatic rings. The highest BCUT2D eigenvalue weighted by atomic mass is 16.5. The number of aromatic hydroxyl groups is 1. The van der Waals surface area contributed by atoms with Crippen molar-refractivity contribution in [2.45, 2.75) is 76.7 Å². The van der Waals surface area contributed by atoms with Crippen molar-refractivity contribution in [1.82, 2.24) is 21.3 Å². The van der Waals surface area contributed by atoms with Crippen molar-refractivity contribution in [3.63, 3.8) is 0 Å². The Bertz CT molecular complexity index is 1440. The number of nitrogens with two attached hydrogens (primary N) is 2. The second-order valence-electron chi connectivity index (χ2n) is 11.1. The van der Waals surface area contributed by atoms with Gasteiger partial charge in [-0.05, 0) is 35.6 Å². The van der Waals surface area contributed by atoms with Crippen LogP contribution in [0.5, 0.6) is 5.75 Å². The number of phenolic OH excluding ortho intramolecular Hbond substituents is 1. The number of alkyl carbamates (subject to hydrolysis) is 1. The number of amides is 6. The molecule has 16 nitrogen and oxygen atoms in total. The standard InChI is InChI=1S/C32H42N6O10/c1-3-18(2)27(30(44)35-22(13-14-25(33)40)28(42)36-24(31(45)46)16-26(34)41)38-29(43)23(15-19-9-11-21(39)12-10-19)37-32(47)48-17-20-7-5-4-6-8-20/h4-12,18,22-24,27,39H,3,13-17H2,1-2H3,(H2,33,40)(H2,34,41)(H,35,44)(H,36,42)(H,37,47)(H,38,43)(H,45,46)/t18-,22-,23-,24-,27-/m0/s1. The predicted molar refractivity (Wildman–Crippen MR) is 170 cm³/mol. The number of primary amides is 2. The summed E-state index contributed by atoms with van der Waals surface area (Å²) in [4.78, 5) is 87.4. The highest BCUT2D eigenvalue weighted by molar-refractivity contribution is 5.95. The molecule has 260 valence electrons. The van der Waals surface area contributed by atoms with Crippen molar-refractivity contribution in [3.05, 3.63) is 65.7 Å². The zero-order valence-electron chi connectivity index (χ0n) is 26.6. The molecule has 2 rings (SSSR count). The van der Waals surface area contributed by atoms with Crippen LogP contribution in [-0.2, 0) is 46.5 Å². The number of carbonyl (C=O) groups excluding carboxylic acids is 6. The highest BCUT2D eigenvalue weighted by Gasteiger charge is 2.34. The van der Waals surface area contributed by atoms with E-state index in [1.54, 1.807) is 56.3 Å². The van der Waals surface area contributed by atoms with E-state index in [1.165, 1.54) is 12.1 Å². The average molecular weight is 671 g/mol. The van der Waals surface area contributed by atoms with Gasteiger partial charge in [0, 0.05) is 12.8 Å². The van der Waals surface area contributed by atoms with E-state index in [2.05, 4.69) is 21.3 Å². The van der Waals surface area contributed by atoms with E-state index >= 15 is 0 Å². The van der Waals surface area contributed by atoms with Crippen LogP contribution in [0, 0.1) is 5.92 Å². The molecule has 0 saturated heterocycles. The molecule has 48 heavy (non-hydrogen) atoms. The van der Waals surface area contributed by atoms with Gasteiger partial charge in [0.15, 0.2) is 0 Å². The van der Waals surface area contributed by atoms with Crippen molar-refractivity contribution in [1.29, 1.82) is 0 Å². The molecule has 0 aliphatic rings. The molecular formula is C32H42N6O10. The van der Waals surface area contributed by atoms with Crippen LogP contribution in [0.25, 0.3) is 0 Å². The van der Waals surface area contributed by atoms with Crippen LogP contribution < -0.4 is 32.7 Å². The molecule has 0 saturated carbocycles. The summed E-state index contributed by atoms with van der Waals surface area (Å²) >= 11 is 0. The van der Waals surface area contributed by atoms with Gasteiger partial charge in [-0.2, -0.15) is 0 Å². The number of phenols is 1. The summed E-state index contributed by atoms with van der Waals surface area (Å²) in [5, 5.41) is 28.8. The Morgan fingerprint density at radius 3 is 1.92 bits per heavy atom. The fraction of sp³-hybridized carbons (Fsp3) is 0.406. The van der Waals surface area contributed by atoms with E-state index in [0.717, 1.165) is 0 Å². The third-order valence-corrected chi connectivity index (χ3v) is 7.32. The van der Waals surface area contributed by atoms with Gasteiger partial charge in [0.2, 0.25) is 29.5 Å². The summed E-state index contributed by atoms with van der Waals surface area (Å²) in [6.07, 6.45) is -2.00. The minimum atomic E-state index is -1.71. The first-order valence-electron chi connectivity index (χ1n) is 15.2. The number of carbonyl (C=O) groups is 7. The maximum absolute atomic E-state index is 13.7. The summed E-state index contributed by atoms with van der Waals surface area (Å²) in [6, 6.07) is 9.04. The maximum Gasteiger partial charge on any atom is 0.408 e. The first-order chi connectivity index (χ1) is 22.7. The maximum atomic E-state index is 13.7. The molecule has 16 heteroatoms. The summed E-state index contributed by atoms with van der Waals surface area (Å²) in [6.45, 7) is 3.34. The van der Waals surface area contributed by atoms with Gasteiger partial charge in [-0.25, -0.2) is 9.59 Å². The number of benzene rings is 2. The lowest BCUT2D eigenvalue weighted by atomic mass is 9.96. The molecule has 0 aliphatic carbocycles. The van der Waals surface area contributed by atoms with Crippen LogP contribution in [0.2, 0.25) is 0 Å². The van der Waals surface area contributed by atoms with Crippen molar-refractivity contribution in [3.8, 4) is 5.75 Å². The number of hydrogen-bond acceptors (Lipinski definition) is 9. The molecule has 5 atom stereocenters. The van der Waals surface area contributed by atoms with Gasteiger partial charge < -0.3 is 47.7 Å². The number of carboxylic acids is 1. The number of aliphatic carboxylic acids is 1. The topological polar surface area (TPSA) is 269 Å². The molecule has 6 amide bonds. The number of rotatable bonds is 19. The van der Waals surface area contributed by atoms with E-state index in [1.807, 2.05) is 0 Å². The zero-order valence-corrected chi connectivity index (χ0v) is 26.6. The lowest BCUT2D eigenvalue weighted by Gasteiger charge is -2.28. The Morgan fingerprint density at radius 1 is 0.750 bits per heavy atom. The zero-order chi connectivity index (χ0) is 35.8. The van der Waals surface area contributed by atoms with E-state index in [0.29, 0.717) is 17.5 Å². The Kier molecular flexibility index (Phi) is 15.3. The van der Waals surface area contributed by atoms with Gasteiger partial charge in [-0.3, -0.25) is 24.0 Å². The fourth-order valence-corrected chi connectivity index (χ4v) is 4.43. The fourth-order valence-electron chi connectivity index (χ4n) is 4.43. The van der Waals surface area contributed by atoms with Crippen LogP contribution in [0.1, 0.15) is 50.7 Å². The molecule has 0 fully saturated rings. The summed E-state index contributed by atoms with van der Waals surface area (Å²) in [7, 11) is 0. The van der Waals surface area contributed by atoms with Crippen LogP contribution in [0.3, 0.4) is 0 Å². The molecule has 10 N–H and O–H groups in total. The first kappa shape index (κ1) is 38.5. The molecule has 0 aliphatic heterocycles. The quantitative estimate of drug-likeness (QED) is 0.0987. The Labute approximate surface area is 276 Å². The van der Waals surface area contributed by atoms with Gasteiger partial charge in [0.25, 0.3) is 0 Å². The van der Waals surface area contributed by atoms with Crippen LogP contribution in [-0.4, -0.2) is 76.0 Å². The molecule has 0 bridgehead atoms. The third-order valence-electron chi connectivity index (χ3n) is 7.32. The molecule has 2 aromatic carbocycles. The Hall–Kier alpha value is -5.67. The normalized spacial score (nSPS) is 13.8. The number of hydrogen-bond donors (Lipinski definition) is 8. The smallest absolute Gasteiger partial charge is 0.408 e. The summed E-state index contributed by atoms with van der Waals surface area (Å²) < 4.78 is 5.28. The third kappa shape index (κ3) is 13.4. The highest BCUT2D eigenvalue weighted by Crippen LogP contribution is 2.14. The molecule has 0 aromatic heterocycles. The van der Waals surface area contributed by atoms with Gasteiger partial charge in [-0.15, -0.1) is 0 Å². The lowest BCUT2D eigenvalue weighted by molar-refractivity contribution is -0.144. The van der Waals surface area contributed by atoms with Crippen molar-refractivity contribution < 1.29 is 48.5 Å². The van der Waals surface area contributed by atoms with Crippen LogP contribution in [0.15, 0.2) is 54.6 Å². The lowest BCUT2D eigenvalue weighted by Crippen LogP contribution is -2.59. The number of carboxylic acid groups (broad SMARTS) is 1. The number of nitrogens with one attached hydrogen (secondary N) is 4. The molecule has 0 radical (unpaired) electrons. The monoisotopic (exact) mass is 670 g/mol. The first-order valence-corrected chi connectivity index (χ1v) is 15.2. The summed E-state index contributed by atoms with van der Waals surface area (Å²) in [5.74, 6) is -6.54. The Morgan fingerprint density at radius 2 is 1.35 bits per heavy atom. The van der Waals surface area contributed by atoms with E-state index in [4.69, 9.17) is 16.2 Å². The average Bonchev–Trinajstić information content (AvgIpc) is 3.04. The van der Waals surface area contributed by atoms with Gasteiger partial charge in [0.1, 0.15) is 36.5 Å². The molecule has 0 spiro atoms. The summed E-state index contributed by atoms with van der Waals surface area (Å²) in [5.41, 5.74) is 11.6. The predicted octanol–water partition coefficient (Wildman–Crippen LogP) is -0.0443. The largest absolute Gasteiger partial charge is 0.508 e. The second kappa shape index (κ2) is 19.1. The van der Waals surface area contributed by atoms with Crippen LogP contribution in [0.4, 0.5) is 4.79 Å². The van der Waals surface area contributed by atoms with E-state index in [-0.39, 0.29) is 31.6 Å². The van der Waals surface area contributed by atoms with Gasteiger partial charge in [0.05, 0.1) is 6.42 Å². The molecule has 0 heterocycles. The van der Waals surface area contributed by atoms with Crippen LogP contribution >= 0.6 is 0 Å². The van der Waals surface area contributed by atoms with Crippen molar-refractivity contribution >= 4 is 41.6 Å². The van der Waals surface area contributed by atoms with Crippen molar-refractivity contribution in [2.75, 3.05) is 0 Å². The van der Waals surface area contributed by atoms with Gasteiger partial charge in [-0.1, -0.05) is 62.7 Å². The number of ether oxygens (including phenoxy) is 1. The van der Waals surface area contributed by atoms with Gasteiger partial charge >= 0.3 is 12.1 Å². The second-order valence-corrected chi connectivity index (χ2v) is 11.1. The van der Waals surface area contributed by atoms with Crippen molar-refractivity contribution in [2.24, 2.45) is 17.4 Å². The minimum absolute atomic E-state index is 0.0114.